The molecule has 0 amide bonds. The Morgan fingerprint density at radius 3 is 2.12 bits per heavy atom. The first-order chi connectivity index (χ1) is 7.59. The van der Waals surface area contributed by atoms with E-state index in [1.54, 1.807) is 13.8 Å². The second kappa shape index (κ2) is 3.91. The van der Waals surface area contributed by atoms with Crippen LogP contribution in [0.2, 0.25) is 0 Å². The van der Waals surface area contributed by atoms with Gasteiger partial charge in [-0.25, -0.2) is 4.79 Å². The summed E-state index contributed by atoms with van der Waals surface area (Å²) < 4.78 is 1.43. The third kappa shape index (κ3) is 2.05. The number of rotatable bonds is 1. The van der Waals surface area contributed by atoms with Gasteiger partial charge < -0.3 is 15.4 Å². The summed E-state index contributed by atoms with van der Waals surface area (Å²) in [6.45, 7) is 8.78. The lowest BCUT2D eigenvalue weighted by atomic mass is 10.0. The van der Waals surface area contributed by atoms with Gasteiger partial charge in [-0.2, -0.15) is 0 Å². The number of nitrogen functional groups attached to an aromatic ring is 1. The molecule has 1 aromatic rings. The Hall–Kier alpha value is -1.78. The molecule has 0 aromatic carbocycles. The number of nitrogens with zero attached hydrogens (tertiary/aromatic N) is 1. The van der Waals surface area contributed by atoms with Crippen LogP contribution in [0.25, 0.3) is 0 Å². The Morgan fingerprint density at radius 1 is 1.29 bits per heavy atom. The minimum Gasteiger partial charge on any atom is -0.477 e. The molecule has 5 nitrogen and oxygen atoms in total. The van der Waals surface area contributed by atoms with Gasteiger partial charge in [0.05, 0.1) is 5.69 Å². The van der Waals surface area contributed by atoms with Crippen LogP contribution in [0.4, 0.5) is 5.69 Å². The normalized spacial score (nSPS) is 11.6. The topological polar surface area (TPSA) is 85.3 Å². The zero-order valence-electron chi connectivity index (χ0n) is 10.8. The van der Waals surface area contributed by atoms with Gasteiger partial charge in [-0.1, -0.05) is 0 Å². The number of carbonyl (C=O) groups is 1. The van der Waals surface area contributed by atoms with Crippen molar-refractivity contribution in [3.05, 3.63) is 27.2 Å². The second-order valence-corrected chi connectivity index (χ2v) is 5.12. The van der Waals surface area contributed by atoms with Crippen molar-refractivity contribution in [1.29, 1.82) is 0 Å². The molecule has 1 heterocycles. The van der Waals surface area contributed by atoms with Crippen LogP contribution in [0.5, 0.6) is 0 Å². The van der Waals surface area contributed by atoms with Gasteiger partial charge in [0, 0.05) is 11.2 Å². The van der Waals surface area contributed by atoms with Crippen molar-refractivity contribution in [2.45, 2.75) is 40.2 Å². The van der Waals surface area contributed by atoms with E-state index >= 15 is 0 Å². The summed E-state index contributed by atoms with van der Waals surface area (Å²) in [6.07, 6.45) is 0. The summed E-state index contributed by atoms with van der Waals surface area (Å²) in [5.74, 6) is -1.24. The van der Waals surface area contributed by atoms with E-state index in [1.165, 1.54) is 4.57 Å². The van der Waals surface area contributed by atoms with E-state index in [2.05, 4.69) is 0 Å². The molecule has 0 spiro atoms. The van der Waals surface area contributed by atoms with Crippen molar-refractivity contribution in [1.82, 2.24) is 4.57 Å². The lowest BCUT2D eigenvalue weighted by Gasteiger charge is -2.27. The highest BCUT2D eigenvalue weighted by Crippen LogP contribution is 2.22. The molecular formula is C12H18N2O3. The molecule has 0 radical (unpaired) electrons. The molecule has 0 aliphatic heterocycles. The number of aromatic nitrogens is 1. The first-order valence-corrected chi connectivity index (χ1v) is 5.34. The van der Waals surface area contributed by atoms with E-state index in [1.807, 2.05) is 20.8 Å². The van der Waals surface area contributed by atoms with E-state index in [0.29, 0.717) is 16.9 Å². The molecule has 94 valence electrons. The molecule has 1 aromatic heterocycles. The minimum atomic E-state index is -1.24. The van der Waals surface area contributed by atoms with Gasteiger partial charge >= 0.3 is 5.97 Å². The van der Waals surface area contributed by atoms with Crippen molar-refractivity contribution >= 4 is 11.7 Å². The fraction of sp³-hybridized carbons (Fsp3) is 0.500. The summed E-state index contributed by atoms with van der Waals surface area (Å²) in [6, 6.07) is 0. The Morgan fingerprint density at radius 2 is 1.76 bits per heavy atom. The lowest BCUT2D eigenvalue weighted by Crippen LogP contribution is -2.39. The number of anilines is 1. The van der Waals surface area contributed by atoms with Crippen LogP contribution in [0.15, 0.2) is 4.79 Å². The maximum Gasteiger partial charge on any atom is 0.341 e. The van der Waals surface area contributed by atoms with Crippen LogP contribution in [0.1, 0.15) is 42.4 Å². The summed E-state index contributed by atoms with van der Waals surface area (Å²) in [4.78, 5) is 23.3. The number of hydrogen-bond donors (Lipinski definition) is 2. The minimum absolute atomic E-state index is 0.247. The smallest absolute Gasteiger partial charge is 0.341 e. The van der Waals surface area contributed by atoms with Gasteiger partial charge in [0.25, 0.3) is 5.56 Å². The number of hydrogen-bond acceptors (Lipinski definition) is 3. The third-order valence-electron chi connectivity index (χ3n) is 2.81. The second-order valence-electron chi connectivity index (χ2n) is 5.12. The standard InChI is InChI=1S/C12H18N2O3/c1-6-8(11(16)17)10(15)14(12(3,4)5)7(2)9(6)13/h13H2,1-5H3,(H,16,17). The zero-order chi connectivity index (χ0) is 13.5. The largest absolute Gasteiger partial charge is 0.477 e. The molecule has 17 heavy (non-hydrogen) atoms. The average Bonchev–Trinajstić information content (AvgIpc) is 2.11. The average molecular weight is 238 g/mol. The van der Waals surface area contributed by atoms with Crippen LogP contribution in [0.3, 0.4) is 0 Å². The molecule has 0 aliphatic carbocycles. The van der Waals surface area contributed by atoms with Crippen molar-refractivity contribution in [2.75, 3.05) is 5.73 Å². The van der Waals surface area contributed by atoms with Crippen molar-refractivity contribution in [3.63, 3.8) is 0 Å². The van der Waals surface area contributed by atoms with Gasteiger partial charge in [0.1, 0.15) is 5.56 Å². The predicted molar refractivity (Wildman–Crippen MR) is 66.5 cm³/mol. The highest BCUT2D eigenvalue weighted by molar-refractivity contribution is 5.90. The summed E-state index contributed by atoms with van der Waals surface area (Å²) in [7, 11) is 0. The Balaban J connectivity index is 3.89. The quantitative estimate of drug-likeness (QED) is 0.776. The summed E-state index contributed by atoms with van der Waals surface area (Å²) in [5.41, 5.74) is 5.90. The number of carboxylic acids is 1. The number of carboxylic acid groups (broad SMARTS) is 1. The molecular weight excluding hydrogens is 220 g/mol. The maximum absolute atomic E-state index is 12.2. The van der Waals surface area contributed by atoms with Crippen molar-refractivity contribution in [3.8, 4) is 0 Å². The van der Waals surface area contributed by atoms with E-state index in [9.17, 15) is 9.59 Å². The van der Waals surface area contributed by atoms with Crippen molar-refractivity contribution < 1.29 is 9.90 Å². The fourth-order valence-corrected chi connectivity index (χ4v) is 2.01. The predicted octanol–water partition coefficient (Wildman–Crippen LogP) is 1.50. The molecule has 0 aliphatic rings. The molecule has 0 atom stereocenters. The van der Waals surface area contributed by atoms with Crippen molar-refractivity contribution in [2.24, 2.45) is 0 Å². The van der Waals surface area contributed by atoms with E-state index < -0.39 is 17.1 Å². The highest BCUT2D eigenvalue weighted by atomic mass is 16.4. The Labute approximate surface area is 99.9 Å². The first kappa shape index (κ1) is 13.3. The van der Waals surface area contributed by atoms with E-state index in [4.69, 9.17) is 10.8 Å². The van der Waals surface area contributed by atoms with Gasteiger partial charge in [-0.05, 0) is 40.2 Å². The van der Waals surface area contributed by atoms with Crippen LogP contribution in [0, 0.1) is 13.8 Å². The maximum atomic E-state index is 12.2. The number of aromatic carboxylic acids is 1. The Bertz CT molecular complexity index is 536. The van der Waals surface area contributed by atoms with Gasteiger partial charge in [-0.15, -0.1) is 0 Å². The van der Waals surface area contributed by atoms with Crippen LogP contribution in [-0.4, -0.2) is 15.6 Å². The van der Waals surface area contributed by atoms with Gasteiger partial charge in [-0.3, -0.25) is 4.79 Å². The van der Waals surface area contributed by atoms with Crippen LogP contribution >= 0.6 is 0 Å². The molecule has 0 unspecified atom stereocenters. The highest BCUT2D eigenvalue weighted by Gasteiger charge is 2.25. The molecule has 1 rings (SSSR count). The van der Waals surface area contributed by atoms with Gasteiger partial charge in [0.15, 0.2) is 0 Å². The Kier molecular flexibility index (Phi) is 3.05. The molecule has 0 fully saturated rings. The van der Waals surface area contributed by atoms with Crippen LogP contribution in [-0.2, 0) is 5.54 Å². The lowest BCUT2D eigenvalue weighted by molar-refractivity contribution is 0.0693. The first-order valence-electron chi connectivity index (χ1n) is 5.34. The molecule has 3 N–H and O–H groups in total. The summed E-state index contributed by atoms with van der Waals surface area (Å²) >= 11 is 0. The SMILES string of the molecule is Cc1c(N)c(C)n(C(C)(C)C)c(=O)c1C(=O)O. The molecule has 0 bridgehead atoms. The molecule has 5 heteroatoms. The molecule has 0 saturated heterocycles. The molecule has 0 saturated carbocycles. The monoisotopic (exact) mass is 238 g/mol. The third-order valence-corrected chi connectivity index (χ3v) is 2.81. The zero-order valence-corrected chi connectivity index (χ0v) is 10.8. The summed E-state index contributed by atoms with van der Waals surface area (Å²) in [5, 5.41) is 9.08. The number of nitrogens with two attached hydrogens (primary N) is 1. The fourth-order valence-electron chi connectivity index (χ4n) is 2.01. The van der Waals surface area contributed by atoms with E-state index in [0.717, 1.165) is 0 Å². The van der Waals surface area contributed by atoms with E-state index in [-0.39, 0.29) is 5.56 Å². The number of pyridine rings is 1. The van der Waals surface area contributed by atoms with Gasteiger partial charge in [0.2, 0.25) is 0 Å². The van der Waals surface area contributed by atoms with Crippen LogP contribution < -0.4 is 11.3 Å².